The highest BCUT2D eigenvalue weighted by Crippen LogP contribution is 2.23. The van der Waals surface area contributed by atoms with E-state index >= 15 is 0 Å². The average Bonchev–Trinajstić information content (AvgIpc) is 3.10. The first kappa shape index (κ1) is 46.6. The SMILES string of the molecule is CCCCCCCCC(CCCCCCCC)OC(=O)CCCCCCCN(CCCCCCCC(=O)O)c1c(NCCCN(C)C)c(=O)c1=O. The second-order valence-corrected chi connectivity index (χ2v) is 15.1. The Morgan fingerprint density at radius 2 is 1.08 bits per heavy atom. The third kappa shape index (κ3) is 23.7. The maximum atomic E-state index is 12.8. The number of hydrogen-bond donors (Lipinski definition) is 2. The maximum absolute atomic E-state index is 12.8. The van der Waals surface area contributed by atoms with E-state index in [-0.39, 0.29) is 18.5 Å². The van der Waals surface area contributed by atoms with Crippen LogP contribution in [0.25, 0.3) is 0 Å². The summed E-state index contributed by atoms with van der Waals surface area (Å²) in [6.45, 7) is 7.47. The molecule has 0 atom stereocenters. The molecule has 0 amide bonds. The predicted octanol–water partition coefficient (Wildman–Crippen LogP) is 9.63. The summed E-state index contributed by atoms with van der Waals surface area (Å²) in [7, 11) is 4.03. The molecule has 0 aliphatic rings. The van der Waals surface area contributed by atoms with E-state index in [1.807, 2.05) is 14.1 Å². The van der Waals surface area contributed by atoms with Crippen molar-refractivity contribution in [1.29, 1.82) is 0 Å². The number of rotatable bonds is 37. The summed E-state index contributed by atoms with van der Waals surface area (Å²) in [6.07, 6.45) is 27.8. The number of aliphatic carboxylic acids is 1. The number of nitrogens with zero attached hydrogens (tertiary/aromatic N) is 2. The zero-order chi connectivity index (χ0) is 37.5. The van der Waals surface area contributed by atoms with E-state index in [1.54, 1.807) is 0 Å². The number of anilines is 2. The lowest BCUT2D eigenvalue weighted by Crippen LogP contribution is -2.43. The second kappa shape index (κ2) is 31.1. The molecule has 296 valence electrons. The third-order valence-electron chi connectivity index (χ3n) is 9.97. The molecule has 9 heteroatoms. The van der Waals surface area contributed by atoms with Crippen molar-refractivity contribution in [2.75, 3.05) is 50.5 Å². The summed E-state index contributed by atoms with van der Waals surface area (Å²) < 4.78 is 6.02. The number of carboxylic acids is 1. The van der Waals surface area contributed by atoms with Gasteiger partial charge in [-0.3, -0.25) is 19.2 Å². The predicted molar refractivity (Wildman–Crippen MR) is 214 cm³/mol. The lowest BCUT2D eigenvalue weighted by atomic mass is 10.0. The number of esters is 1. The van der Waals surface area contributed by atoms with E-state index < -0.39 is 16.8 Å². The highest BCUT2D eigenvalue weighted by Gasteiger charge is 2.25. The first-order valence-electron chi connectivity index (χ1n) is 21.1. The minimum absolute atomic E-state index is 0.0446. The number of carboxylic acid groups (broad SMARTS) is 1. The summed E-state index contributed by atoms with van der Waals surface area (Å²) in [5.74, 6) is -0.796. The highest BCUT2D eigenvalue weighted by molar-refractivity contribution is 5.75. The van der Waals surface area contributed by atoms with Gasteiger partial charge in [0.1, 0.15) is 17.5 Å². The van der Waals surface area contributed by atoms with E-state index in [2.05, 4.69) is 29.0 Å². The Kier molecular flexibility index (Phi) is 28.5. The number of hydrogen-bond acceptors (Lipinski definition) is 8. The molecule has 0 aliphatic heterocycles. The Bertz CT molecular complexity index is 1070. The average molecular weight is 720 g/mol. The van der Waals surface area contributed by atoms with Gasteiger partial charge in [0.05, 0.1) is 0 Å². The molecule has 9 nitrogen and oxygen atoms in total. The van der Waals surface area contributed by atoms with Crippen molar-refractivity contribution in [1.82, 2.24) is 4.90 Å². The molecule has 0 spiro atoms. The highest BCUT2D eigenvalue weighted by atomic mass is 16.5. The number of unbranched alkanes of at least 4 members (excludes halogenated alkanes) is 18. The van der Waals surface area contributed by atoms with Crippen LogP contribution in [-0.4, -0.2) is 68.3 Å². The lowest BCUT2D eigenvalue weighted by molar-refractivity contribution is -0.150. The van der Waals surface area contributed by atoms with Gasteiger partial charge in [-0.15, -0.1) is 0 Å². The topological polar surface area (TPSA) is 116 Å². The van der Waals surface area contributed by atoms with Crippen molar-refractivity contribution in [2.45, 2.75) is 193 Å². The Hall–Kier alpha value is -2.42. The number of carbonyl (C=O) groups is 2. The number of carbonyl (C=O) groups excluding carboxylic acids is 1. The zero-order valence-corrected chi connectivity index (χ0v) is 33.4. The van der Waals surface area contributed by atoms with Gasteiger partial charge in [0.25, 0.3) is 10.9 Å². The second-order valence-electron chi connectivity index (χ2n) is 15.1. The first-order valence-corrected chi connectivity index (χ1v) is 21.1. The van der Waals surface area contributed by atoms with Crippen LogP contribution < -0.4 is 21.1 Å². The zero-order valence-electron chi connectivity index (χ0n) is 33.4. The van der Waals surface area contributed by atoms with Crippen molar-refractivity contribution in [3.63, 3.8) is 0 Å². The Morgan fingerprint density at radius 3 is 1.59 bits per heavy atom. The Morgan fingerprint density at radius 1 is 0.608 bits per heavy atom. The van der Waals surface area contributed by atoms with Gasteiger partial charge in [0, 0.05) is 32.5 Å². The molecule has 0 unspecified atom stereocenters. The van der Waals surface area contributed by atoms with Crippen LogP contribution in [-0.2, 0) is 14.3 Å². The van der Waals surface area contributed by atoms with E-state index in [0.29, 0.717) is 37.3 Å². The fraction of sp³-hybridized carbons (Fsp3) is 0.857. The van der Waals surface area contributed by atoms with Crippen LogP contribution >= 0.6 is 0 Å². The van der Waals surface area contributed by atoms with Crippen LogP contribution in [0.15, 0.2) is 9.59 Å². The van der Waals surface area contributed by atoms with Crippen molar-refractivity contribution in [2.24, 2.45) is 0 Å². The molecule has 51 heavy (non-hydrogen) atoms. The fourth-order valence-electron chi connectivity index (χ4n) is 6.81. The lowest BCUT2D eigenvalue weighted by Gasteiger charge is -2.28. The molecule has 1 rings (SSSR count). The monoisotopic (exact) mass is 720 g/mol. The van der Waals surface area contributed by atoms with Crippen LogP contribution in [0.2, 0.25) is 0 Å². The number of ether oxygens (including phenoxy) is 1. The maximum Gasteiger partial charge on any atom is 0.306 e. The molecule has 1 aromatic carbocycles. The summed E-state index contributed by atoms with van der Waals surface area (Å²) in [6, 6.07) is 0. The van der Waals surface area contributed by atoms with Crippen LogP contribution in [0, 0.1) is 0 Å². The molecule has 0 heterocycles. The minimum Gasteiger partial charge on any atom is -0.481 e. The summed E-state index contributed by atoms with van der Waals surface area (Å²) in [5.41, 5.74) is 0.193. The van der Waals surface area contributed by atoms with Gasteiger partial charge in [0.2, 0.25) is 0 Å². The molecule has 1 aromatic rings. The van der Waals surface area contributed by atoms with Crippen molar-refractivity contribution in [3.8, 4) is 0 Å². The standard InChI is InChI=1S/C42H77N3O6/c1-5-7-9-11-15-21-28-36(29-22-16-12-10-8-6-2)51-38(48)31-24-18-14-20-26-35-45(34-25-19-13-17-23-30-37(46)47)40-39(41(49)42(40)50)43-32-27-33-44(3)4/h36,43H,5-35H2,1-4H3,(H,46,47). The van der Waals surface area contributed by atoms with Crippen LogP contribution in [0.3, 0.4) is 0 Å². The van der Waals surface area contributed by atoms with Crippen LogP contribution in [0.4, 0.5) is 11.4 Å². The van der Waals surface area contributed by atoms with Gasteiger partial charge >= 0.3 is 11.9 Å². The van der Waals surface area contributed by atoms with Gasteiger partial charge in [-0.2, -0.15) is 0 Å². The van der Waals surface area contributed by atoms with E-state index in [0.717, 1.165) is 103 Å². The molecule has 0 saturated carbocycles. The molecular weight excluding hydrogens is 642 g/mol. The fourth-order valence-corrected chi connectivity index (χ4v) is 6.81. The third-order valence-corrected chi connectivity index (χ3v) is 9.97. The van der Waals surface area contributed by atoms with E-state index in [1.165, 1.54) is 64.2 Å². The molecule has 0 radical (unpaired) electrons. The van der Waals surface area contributed by atoms with Gasteiger partial charge in [-0.25, -0.2) is 0 Å². The molecule has 0 saturated heterocycles. The molecule has 0 fully saturated rings. The quantitative estimate of drug-likeness (QED) is 0.0394. The normalized spacial score (nSPS) is 11.6. The molecule has 0 aliphatic carbocycles. The summed E-state index contributed by atoms with van der Waals surface area (Å²) in [5, 5.41) is 12.1. The van der Waals surface area contributed by atoms with Gasteiger partial charge in [-0.1, -0.05) is 117 Å². The molecule has 0 aromatic heterocycles. The van der Waals surface area contributed by atoms with Crippen molar-refractivity contribution in [3.05, 3.63) is 20.4 Å². The van der Waals surface area contributed by atoms with Crippen LogP contribution in [0.5, 0.6) is 0 Å². The largest absolute Gasteiger partial charge is 0.481 e. The van der Waals surface area contributed by atoms with Crippen LogP contribution in [0.1, 0.15) is 187 Å². The Balaban J connectivity index is 2.52. The molecular formula is C42H77N3O6. The number of nitrogens with one attached hydrogen (secondary N) is 1. The van der Waals surface area contributed by atoms with Gasteiger partial charge in [-0.05, 0) is 78.4 Å². The smallest absolute Gasteiger partial charge is 0.306 e. The summed E-state index contributed by atoms with van der Waals surface area (Å²) >= 11 is 0. The van der Waals surface area contributed by atoms with Crippen molar-refractivity contribution < 1.29 is 19.4 Å². The Labute approximate surface area is 311 Å². The van der Waals surface area contributed by atoms with E-state index in [4.69, 9.17) is 9.84 Å². The van der Waals surface area contributed by atoms with E-state index in [9.17, 15) is 19.2 Å². The molecule has 0 bridgehead atoms. The van der Waals surface area contributed by atoms with Gasteiger partial charge in [0.15, 0.2) is 0 Å². The van der Waals surface area contributed by atoms with Gasteiger partial charge < -0.3 is 25.0 Å². The minimum atomic E-state index is -0.752. The molecule has 2 N–H and O–H groups in total. The first-order chi connectivity index (χ1) is 24.7. The summed E-state index contributed by atoms with van der Waals surface area (Å²) in [4.78, 5) is 53.0. The van der Waals surface area contributed by atoms with Crippen molar-refractivity contribution >= 4 is 23.3 Å².